The van der Waals surface area contributed by atoms with Gasteiger partial charge in [-0.25, -0.2) is 0 Å². The minimum atomic E-state index is -0.376. The molecule has 0 aliphatic rings. The SMILES string of the molecule is Cc1cc(C)cc(C(O)CCN(C)Cc2ccsc2)c1. The Hall–Kier alpha value is -1.16. The predicted molar refractivity (Wildman–Crippen MR) is 86.1 cm³/mol. The van der Waals surface area contributed by atoms with E-state index in [2.05, 4.69) is 60.8 Å². The molecule has 1 aromatic carbocycles. The Morgan fingerprint density at radius 2 is 1.90 bits per heavy atom. The quantitative estimate of drug-likeness (QED) is 0.871. The molecule has 0 spiro atoms. The fourth-order valence-corrected chi connectivity index (χ4v) is 3.14. The molecule has 1 aromatic heterocycles. The molecule has 0 fully saturated rings. The van der Waals surface area contributed by atoms with Gasteiger partial charge >= 0.3 is 0 Å². The number of hydrogen-bond acceptors (Lipinski definition) is 3. The first-order chi connectivity index (χ1) is 9.54. The van der Waals surface area contributed by atoms with Crippen molar-refractivity contribution in [2.24, 2.45) is 0 Å². The van der Waals surface area contributed by atoms with Crippen LogP contribution in [0, 0.1) is 13.8 Å². The van der Waals surface area contributed by atoms with E-state index in [1.165, 1.54) is 16.7 Å². The number of benzene rings is 1. The van der Waals surface area contributed by atoms with Gasteiger partial charge in [0.1, 0.15) is 0 Å². The van der Waals surface area contributed by atoms with Gasteiger partial charge in [-0.15, -0.1) is 0 Å². The summed E-state index contributed by atoms with van der Waals surface area (Å²) in [6.07, 6.45) is 0.391. The zero-order valence-electron chi connectivity index (χ0n) is 12.5. The largest absolute Gasteiger partial charge is 0.388 e. The normalized spacial score (nSPS) is 12.8. The highest BCUT2D eigenvalue weighted by molar-refractivity contribution is 7.07. The Bertz CT molecular complexity index is 516. The second-order valence-corrected chi connectivity index (χ2v) is 6.37. The summed E-state index contributed by atoms with van der Waals surface area (Å²) in [5, 5.41) is 14.6. The van der Waals surface area contributed by atoms with Crippen LogP contribution in [0.4, 0.5) is 0 Å². The van der Waals surface area contributed by atoms with E-state index in [0.29, 0.717) is 0 Å². The molecule has 0 aliphatic heterocycles. The maximum absolute atomic E-state index is 10.3. The fraction of sp³-hybridized carbons (Fsp3) is 0.412. The van der Waals surface area contributed by atoms with Crippen molar-refractivity contribution in [3.05, 3.63) is 57.3 Å². The summed E-state index contributed by atoms with van der Waals surface area (Å²) in [5.41, 5.74) is 4.81. The third-order valence-corrected chi connectivity index (χ3v) is 4.18. The topological polar surface area (TPSA) is 23.5 Å². The highest BCUT2D eigenvalue weighted by Gasteiger charge is 2.10. The zero-order valence-corrected chi connectivity index (χ0v) is 13.3. The predicted octanol–water partition coefficient (Wildman–Crippen LogP) is 3.92. The van der Waals surface area contributed by atoms with Crippen molar-refractivity contribution < 1.29 is 5.11 Å². The van der Waals surface area contributed by atoms with E-state index < -0.39 is 0 Å². The Kier molecular flexibility index (Phi) is 5.35. The standard InChI is InChI=1S/C17H23NOS/c1-13-8-14(2)10-16(9-13)17(19)4-6-18(3)11-15-5-7-20-12-15/h5,7-10,12,17,19H,4,6,11H2,1-3H3. The third kappa shape index (κ3) is 4.44. The third-order valence-electron chi connectivity index (χ3n) is 3.45. The molecule has 1 heterocycles. The Morgan fingerprint density at radius 3 is 2.50 bits per heavy atom. The Morgan fingerprint density at radius 1 is 1.20 bits per heavy atom. The van der Waals surface area contributed by atoms with Crippen LogP contribution in [0.5, 0.6) is 0 Å². The molecule has 1 unspecified atom stereocenters. The number of nitrogens with zero attached hydrogens (tertiary/aromatic N) is 1. The monoisotopic (exact) mass is 289 g/mol. The highest BCUT2D eigenvalue weighted by atomic mass is 32.1. The first kappa shape index (κ1) is 15.2. The summed E-state index contributed by atoms with van der Waals surface area (Å²) < 4.78 is 0. The van der Waals surface area contributed by atoms with Crippen molar-refractivity contribution in [3.8, 4) is 0 Å². The molecule has 0 saturated heterocycles. The molecule has 108 valence electrons. The van der Waals surface area contributed by atoms with Gasteiger partial charge in [-0.3, -0.25) is 0 Å². The molecule has 0 saturated carbocycles. The van der Waals surface area contributed by atoms with Crippen LogP contribution >= 0.6 is 11.3 Å². The summed E-state index contributed by atoms with van der Waals surface area (Å²) in [5.74, 6) is 0. The van der Waals surface area contributed by atoms with Crippen molar-refractivity contribution in [3.63, 3.8) is 0 Å². The van der Waals surface area contributed by atoms with Crippen molar-refractivity contribution in [1.29, 1.82) is 0 Å². The zero-order chi connectivity index (χ0) is 14.5. The second kappa shape index (κ2) is 7.02. The van der Waals surface area contributed by atoms with E-state index >= 15 is 0 Å². The van der Waals surface area contributed by atoms with Crippen LogP contribution in [0.25, 0.3) is 0 Å². The number of aliphatic hydroxyl groups excluding tert-OH is 1. The number of thiophene rings is 1. The van der Waals surface area contributed by atoms with E-state index in [-0.39, 0.29) is 6.10 Å². The number of hydrogen-bond donors (Lipinski definition) is 1. The smallest absolute Gasteiger partial charge is 0.0802 e. The Balaban J connectivity index is 1.86. The van der Waals surface area contributed by atoms with E-state index in [0.717, 1.165) is 25.1 Å². The lowest BCUT2D eigenvalue weighted by atomic mass is 10.0. The summed E-state index contributed by atoms with van der Waals surface area (Å²) in [6.45, 7) is 5.99. The van der Waals surface area contributed by atoms with Crippen molar-refractivity contribution in [2.45, 2.75) is 32.9 Å². The Labute approximate surface area is 125 Å². The van der Waals surface area contributed by atoms with Gasteiger partial charge in [0.15, 0.2) is 0 Å². The molecule has 0 aliphatic carbocycles. The summed E-state index contributed by atoms with van der Waals surface area (Å²) >= 11 is 1.73. The van der Waals surface area contributed by atoms with Crippen LogP contribution in [0.3, 0.4) is 0 Å². The van der Waals surface area contributed by atoms with Gasteiger partial charge in [0.05, 0.1) is 6.10 Å². The van der Waals surface area contributed by atoms with Gasteiger partial charge in [-0.2, -0.15) is 11.3 Å². The maximum atomic E-state index is 10.3. The molecule has 20 heavy (non-hydrogen) atoms. The number of aryl methyl sites for hydroxylation is 2. The van der Waals surface area contributed by atoms with E-state index in [1.54, 1.807) is 11.3 Å². The van der Waals surface area contributed by atoms with Gasteiger partial charge in [0.25, 0.3) is 0 Å². The van der Waals surface area contributed by atoms with Crippen LogP contribution in [0.1, 0.15) is 34.8 Å². The van der Waals surface area contributed by atoms with Gasteiger partial charge in [-0.1, -0.05) is 29.3 Å². The lowest BCUT2D eigenvalue weighted by molar-refractivity contribution is 0.147. The fourth-order valence-electron chi connectivity index (χ4n) is 2.48. The minimum Gasteiger partial charge on any atom is -0.388 e. The number of rotatable bonds is 6. The van der Waals surface area contributed by atoms with E-state index in [9.17, 15) is 5.11 Å². The van der Waals surface area contributed by atoms with Crippen molar-refractivity contribution in [1.82, 2.24) is 4.90 Å². The lowest BCUT2D eigenvalue weighted by Gasteiger charge is -2.19. The first-order valence-corrected chi connectivity index (χ1v) is 7.95. The van der Waals surface area contributed by atoms with Gasteiger partial charge in [-0.05, 0) is 55.3 Å². The molecule has 3 heteroatoms. The summed E-state index contributed by atoms with van der Waals surface area (Å²) in [6, 6.07) is 8.45. The summed E-state index contributed by atoms with van der Waals surface area (Å²) in [4.78, 5) is 2.26. The molecule has 1 N–H and O–H groups in total. The molecule has 2 nitrogen and oxygen atoms in total. The van der Waals surface area contributed by atoms with Crippen molar-refractivity contribution >= 4 is 11.3 Å². The van der Waals surface area contributed by atoms with E-state index in [1.807, 2.05) is 0 Å². The second-order valence-electron chi connectivity index (χ2n) is 5.59. The molecule has 0 bridgehead atoms. The van der Waals surface area contributed by atoms with Crippen LogP contribution in [-0.2, 0) is 6.54 Å². The molecular formula is C17H23NOS. The van der Waals surface area contributed by atoms with Crippen LogP contribution < -0.4 is 0 Å². The molecule has 2 rings (SSSR count). The van der Waals surface area contributed by atoms with Crippen molar-refractivity contribution in [2.75, 3.05) is 13.6 Å². The first-order valence-electron chi connectivity index (χ1n) is 7.00. The molecule has 2 aromatic rings. The van der Waals surface area contributed by atoms with E-state index in [4.69, 9.17) is 0 Å². The minimum absolute atomic E-state index is 0.376. The van der Waals surface area contributed by atoms with Gasteiger partial charge in [0, 0.05) is 13.1 Å². The molecule has 0 amide bonds. The lowest BCUT2D eigenvalue weighted by Crippen LogP contribution is -2.20. The molecular weight excluding hydrogens is 266 g/mol. The number of aliphatic hydroxyl groups is 1. The van der Waals surface area contributed by atoms with Crippen LogP contribution in [0.15, 0.2) is 35.0 Å². The highest BCUT2D eigenvalue weighted by Crippen LogP contribution is 2.20. The van der Waals surface area contributed by atoms with Crippen LogP contribution in [0.2, 0.25) is 0 Å². The average Bonchev–Trinajstić information content (AvgIpc) is 2.87. The average molecular weight is 289 g/mol. The molecule has 1 atom stereocenters. The molecule has 0 radical (unpaired) electrons. The summed E-state index contributed by atoms with van der Waals surface area (Å²) in [7, 11) is 2.10. The van der Waals surface area contributed by atoms with Gasteiger partial charge < -0.3 is 10.0 Å². The maximum Gasteiger partial charge on any atom is 0.0802 e. The van der Waals surface area contributed by atoms with Crippen LogP contribution in [-0.4, -0.2) is 23.6 Å². The van der Waals surface area contributed by atoms with Gasteiger partial charge in [0.2, 0.25) is 0 Å².